The minimum Gasteiger partial charge on any atom is -0.476 e. The highest BCUT2D eigenvalue weighted by Gasteiger charge is 2.13. The molecule has 1 atom stereocenters. The van der Waals surface area contributed by atoms with Crippen molar-refractivity contribution in [3.8, 4) is 0 Å². The van der Waals surface area contributed by atoms with Crippen LogP contribution in [-0.2, 0) is 4.74 Å². The van der Waals surface area contributed by atoms with Crippen molar-refractivity contribution in [1.29, 1.82) is 0 Å². The Morgan fingerprint density at radius 1 is 1.00 bits per heavy atom. The quantitative estimate of drug-likeness (QED) is 0.505. The fourth-order valence-corrected chi connectivity index (χ4v) is 2.26. The van der Waals surface area contributed by atoms with E-state index in [1.807, 2.05) is 0 Å². The molecule has 1 aliphatic rings. The molecule has 0 N–H and O–H groups in total. The van der Waals surface area contributed by atoms with Gasteiger partial charge in [-0.1, -0.05) is 58.3 Å². The van der Waals surface area contributed by atoms with Crippen molar-refractivity contribution < 1.29 is 4.74 Å². The van der Waals surface area contributed by atoms with E-state index in [0.717, 1.165) is 18.9 Å². The van der Waals surface area contributed by atoms with Crippen molar-refractivity contribution in [1.82, 2.24) is 0 Å². The van der Waals surface area contributed by atoms with Crippen LogP contribution in [0.5, 0.6) is 0 Å². The van der Waals surface area contributed by atoms with Crippen molar-refractivity contribution in [3.05, 3.63) is 0 Å². The number of hydrogen-bond acceptors (Lipinski definition) is 2. The van der Waals surface area contributed by atoms with Gasteiger partial charge in [-0.05, 0) is 13.3 Å². The monoisotopic (exact) mass is 239 g/mol. The first-order valence-corrected chi connectivity index (χ1v) is 7.53. The number of nitrogens with zero attached hydrogens (tertiary/aromatic N) is 1. The largest absolute Gasteiger partial charge is 0.476 e. The van der Waals surface area contributed by atoms with Gasteiger partial charge in [0, 0.05) is 6.42 Å². The zero-order valence-corrected chi connectivity index (χ0v) is 11.7. The lowest BCUT2D eigenvalue weighted by molar-refractivity contribution is 0.238. The molecule has 0 aliphatic carbocycles. The molecule has 2 nitrogen and oxygen atoms in total. The molecule has 2 heteroatoms. The average Bonchev–Trinajstić information content (AvgIpc) is 2.73. The summed E-state index contributed by atoms with van der Waals surface area (Å²) in [6.07, 6.45) is 13.8. The number of aliphatic imine (C=N–C) groups is 1. The van der Waals surface area contributed by atoms with Gasteiger partial charge in [0.05, 0.1) is 6.54 Å². The van der Waals surface area contributed by atoms with Crippen LogP contribution in [-0.4, -0.2) is 18.5 Å². The minimum absolute atomic E-state index is 0.323. The van der Waals surface area contributed by atoms with Gasteiger partial charge in [-0.2, -0.15) is 0 Å². The third kappa shape index (κ3) is 7.40. The van der Waals surface area contributed by atoms with Crippen LogP contribution < -0.4 is 0 Å². The average molecular weight is 239 g/mol. The Balaban J connectivity index is 1.79. The van der Waals surface area contributed by atoms with Gasteiger partial charge in [0.25, 0.3) is 0 Å². The maximum Gasteiger partial charge on any atom is 0.183 e. The topological polar surface area (TPSA) is 21.6 Å². The van der Waals surface area contributed by atoms with E-state index in [1.54, 1.807) is 0 Å². The van der Waals surface area contributed by atoms with Crippen molar-refractivity contribution in [2.45, 2.75) is 84.2 Å². The molecular formula is C15H29NO. The smallest absolute Gasteiger partial charge is 0.183 e. The molecule has 17 heavy (non-hydrogen) atoms. The fourth-order valence-electron chi connectivity index (χ4n) is 2.26. The SMILES string of the molecule is CCCCCCCCCCCC1=NC[C@H](C)O1. The second kappa shape index (κ2) is 9.49. The van der Waals surface area contributed by atoms with Gasteiger partial charge in [0.2, 0.25) is 0 Å². The van der Waals surface area contributed by atoms with Gasteiger partial charge in [-0.3, -0.25) is 4.99 Å². The Morgan fingerprint density at radius 3 is 2.12 bits per heavy atom. The summed E-state index contributed by atoms with van der Waals surface area (Å²) in [6.45, 7) is 5.23. The number of hydrogen-bond donors (Lipinski definition) is 0. The van der Waals surface area contributed by atoms with Crippen LogP contribution in [0.1, 0.15) is 78.1 Å². The molecule has 0 saturated heterocycles. The predicted octanol–water partition coefficient (Wildman–Crippen LogP) is 4.72. The van der Waals surface area contributed by atoms with Crippen LogP contribution in [0.2, 0.25) is 0 Å². The lowest BCUT2D eigenvalue weighted by Gasteiger charge is -2.05. The lowest BCUT2D eigenvalue weighted by Crippen LogP contribution is -2.07. The standard InChI is InChI=1S/C15H29NO/c1-3-4-5-6-7-8-9-10-11-12-15-16-13-14(2)17-15/h14H,3-13H2,1-2H3/t14-/m0/s1. The molecule has 1 aliphatic heterocycles. The Hall–Kier alpha value is -0.530. The molecule has 0 amide bonds. The first-order valence-electron chi connectivity index (χ1n) is 7.53. The maximum atomic E-state index is 5.58. The van der Waals surface area contributed by atoms with E-state index in [9.17, 15) is 0 Å². The second-order valence-electron chi connectivity index (χ2n) is 5.24. The number of rotatable bonds is 10. The zero-order valence-electron chi connectivity index (χ0n) is 11.7. The summed E-state index contributed by atoms with van der Waals surface area (Å²) in [5.74, 6) is 1.00. The molecule has 0 unspecified atom stereocenters. The highest BCUT2D eigenvalue weighted by Crippen LogP contribution is 2.13. The molecule has 0 bridgehead atoms. The Bertz CT molecular complexity index is 213. The summed E-state index contributed by atoms with van der Waals surface area (Å²) in [5, 5.41) is 0. The summed E-state index contributed by atoms with van der Waals surface area (Å²) in [6, 6.07) is 0. The van der Waals surface area contributed by atoms with Crippen LogP contribution in [0.3, 0.4) is 0 Å². The number of ether oxygens (including phenoxy) is 1. The van der Waals surface area contributed by atoms with Gasteiger partial charge in [-0.25, -0.2) is 0 Å². The lowest BCUT2D eigenvalue weighted by atomic mass is 10.1. The highest BCUT2D eigenvalue weighted by atomic mass is 16.5. The third-order valence-electron chi connectivity index (χ3n) is 3.36. The summed E-state index contributed by atoms with van der Waals surface area (Å²) in [7, 11) is 0. The summed E-state index contributed by atoms with van der Waals surface area (Å²) in [4.78, 5) is 4.38. The molecule has 100 valence electrons. The van der Waals surface area contributed by atoms with Gasteiger partial charge in [0.15, 0.2) is 5.90 Å². The highest BCUT2D eigenvalue weighted by molar-refractivity contribution is 5.77. The molecular weight excluding hydrogens is 210 g/mol. The minimum atomic E-state index is 0.323. The molecule has 0 aromatic carbocycles. The molecule has 1 heterocycles. The molecule has 0 aromatic heterocycles. The second-order valence-corrected chi connectivity index (χ2v) is 5.24. The van der Waals surface area contributed by atoms with E-state index < -0.39 is 0 Å². The van der Waals surface area contributed by atoms with Crippen LogP contribution >= 0.6 is 0 Å². The molecule has 0 fully saturated rings. The Morgan fingerprint density at radius 2 is 1.59 bits per heavy atom. The van der Waals surface area contributed by atoms with Gasteiger partial charge in [-0.15, -0.1) is 0 Å². The van der Waals surface area contributed by atoms with Crippen LogP contribution in [0.15, 0.2) is 4.99 Å². The molecule has 0 radical (unpaired) electrons. The third-order valence-corrected chi connectivity index (χ3v) is 3.36. The van der Waals surface area contributed by atoms with Crippen LogP contribution in [0.25, 0.3) is 0 Å². The molecule has 0 aromatic rings. The normalized spacial score (nSPS) is 19.2. The van der Waals surface area contributed by atoms with Crippen LogP contribution in [0.4, 0.5) is 0 Å². The van der Waals surface area contributed by atoms with Gasteiger partial charge >= 0.3 is 0 Å². The summed E-state index contributed by atoms with van der Waals surface area (Å²) >= 11 is 0. The first kappa shape index (κ1) is 14.5. The van der Waals surface area contributed by atoms with E-state index in [-0.39, 0.29) is 0 Å². The van der Waals surface area contributed by atoms with Gasteiger partial charge < -0.3 is 4.74 Å². The summed E-state index contributed by atoms with van der Waals surface area (Å²) < 4.78 is 5.58. The molecule has 0 saturated carbocycles. The summed E-state index contributed by atoms with van der Waals surface area (Å²) in [5.41, 5.74) is 0. The van der Waals surface area contributed by atoms with Crippen molar-refractivity contribution in [3.63, 3.8) is 0 Å². The van der Waals surface area contributed by atoms with Crippen molar-refractivity contribution in [2.75, 3.05) is 6.54 Å². The zero-order chi connectivity index (χ0) is 12.3. The van der Waals surface area contributed by atoms with E-state index in [0.29, 0.717) is 6.10 Å². The van der Waals surface area contributed by atoms with Crippen LogP contribution in [0, 0.1) is 0 Å². The molecule has 0 spiro atoms. The van der Waals surface area contributed by atoms with E-state index >= 15 is 0 Å². The van der Waals surface area contributed by atoms with Crippen molar-refractivity contribution in [2.24, 2.45) is 4.99 Å². The van der Waals surface area contributed by atoms with E-state index in [4.69, 9.17) is 4.74 Å². The predicted molar refractivity (Wildman–Crippen MR) is 74.7 cm³/mol. The molecule has 1 rings (SSSR count). The maximum absolute atomic E-state index is 5.58. The van der Waals surface area contributed by atoms with Gasteiger partial charge in [0.1, 0.15) is 6.10 Å². The first-order chi connectivity index (χ1) is 8.33. The number of unbranched alkanes of at least 4 members (excludes halogenated alkanes) is 8. The van der Waals surface area contributed by atoms with E-state index in [2.05, 4.69) is 18.8 Å². The Kier molecular flexibility index (Phi) is 8.12. The Labute approximate surface area is 107 Å². The van der Waals surface area contributed by atoms with E-state index in [1.165, 1.54) is 57.8 Å². The fraction of sp³-hybridized carbons (Fsp3) is 0.933. The van der Waals surface area contributed by atoms with Crippen molar-refractivity contribution >= 4 is 5.90 Å².